The van der Waals surface area contributed by atoms with E-state index >= 15 is 0 Å². The predicted octanol–water partition coefficient (Wildman–Crippen LogP) is 2.98. The molecule has 5 heteroatoms. The fourth-order valence-corrected chi connectivity index (χ4v) is 2.54. The van der Waals surface area contributed by atoms with Gasteiger partial charge < -0.3 is 15.2 Å². The Balaban J connectivity index is 2.83. The van der Waals surface area contributed by atoms with Crippen molar-refractivity contribution in [2.75, 3.05) is 13.7 Å². The molecule has 0 heterocycles. The molecule has 0 saturated carbocycles. The zero-order chi connectivity index (χ0) is 15.1. The van der Waals surface area contributed by atoms with Crippen LogP contribution in [0.2, 0.25) is 0 Å². The van der Waals surface area contributed by atoms with Gasteiger partial charge in [0.25, 0.3) is 0 Å². The summed E-state index contributed by atoms with van der Waals surface area (Å²) < 4.78 is 11.4. The number of carbonyl (C=O) groups excluding carboxylic acids is 1. The molecule has 0 amide bonds. The van der Waals surface area contributed by atoms with E-state index in [1.165, 1.54) is 7.11 Å². The average molecular weight is 344 g/mol. The number of hydrogen-bond donors (Lipinski definition) is 1. The van der Waals surface area contributed by atoms with Crippen molar-refractivity contribution in [2.24, 2.45) is 5.73 Å². The molecule has 0 radical (unpaired) electrons. The van der Waals surface area contributed by atoms with E-state index in [0.29, 0.717) is 6.61 Å². The van der Waals surface area contributed by atoms with Gasteiger partial charge >= 0.3 is 5.97 Å². The van der Waals surface area contributed by atoms with Crippen molar-refractivity contribution in [3.05, 3.63) is 27.7 Å². The van der Waals surface area contributed by atoms with Crippen LogP contribution in [0.1, 0.15) is 30.9 Å². The third-order valence-corrected chi connectivity index (χ3v) is 3.56. The zero-order valence-electron chi connectivity index (χ0n) is 12.2. The van der Waals surface area contributed by atoms with E-state index in [9.17, 15) is 4.79 Å². The quantitative estimate of drug-likeness (QED) is 0.773. The Hall–Kier alpha value is -1.07. The second-order valence-corrected chi connectivity index (χ2v) is 5.67. The summed E-state index contributed by atoms with van der Waals surface area (Å²) in [6, 6.07) is 4.12. The lowest BCUT2D eigenvalue weighted by Crippen LogP contribution is -2.22. The number of benzene rings is 1. The Morgan fingerprint density at radius 1 is 1.45 bits per heavy atom. The van der Waals surface area contributed by atoms with Crippen LogP contribution in [0.3, 0.4) is 0 Å². The second-order valence-electron chi connectivity index (χ2n) is 4.76. The highest BCUT2D eigenvalue weighted by atomic mass is 79.9. The highest BCUT2D eigenvalue weighted by Gasteiger charge is 2.13. The van der Waals surface area contributed by atoms with Gasteiger partial charge in [-0.15, -0.1) is 0 Å². The van der Waals surface area contributed by atoms with Crippen molar-refractivity contribution in [1.29, 1.82) is 0 Å². The van der Waals surface area contributed by atoms with E-state index in [4.69, 9.17) is 10.5 Å². The highest BCUT2D eigenvalue weighted by molar-refractivity contribution is 9.10. The molecule has 1 atom stereocenters. The number of rotatable bonds is 7. The molecule has 0 aliphatic heterocycles. The number of methoxy groups -OCH3 is 1. The Bertz CT molecular complexity index is 463. The summed E-state index contributed by atoms with van der Waals surface area (Å²) in [7, 11) is 1.37. The van der Waals surface area contributed by atoms with Gasteiger partial charge in [0.2, 0.25) is 0 Å². The van der Waals surface area contributed by atoms with Gasteiger partial charge in [-0.2, -0.15) is 0 Å². The lowest BCUT2D eigenvalue weighted by atomic mass is 10.0. The standard InChI is InChI=1S/C15H22BrNO3/c1-4-13(17)9-11-8-12(16)7-10(2)15(11)20-6-5-14(18)19-3/h7-8,13H,4-6,9,17H2,1-3H3. The number of halogens is 1. The Morgan fingerprint density at radius 3 is 2.75 bits per heavy atom. The van der Waals surface area contributed by atoms with E-state index in [-0.39, 0.29) is 18.4 Å². The number of nitrogens with two attached hydrogens (primary N) is 1. The molecule has 0 aromatic heterocycles. The monoisotopic (exact) mass is 343 g/mol. The summed E-state index contributed by atoms with van der Waals surface area (Å²) in [6.07, 6.45) is 1.91. The minimum atomic E-state index is -0.272. The molecule has 0 aliphatic carbocycles. The van der Waals surface area contributed by atoms with Crippen LogP contribution in [-0.4, -0.2) is 25.7 Å². The van der Waals surface area contributed by atoms with Gasteiger partial charge in [0.05, 0.1) is 20.1 Å². The van der Waals surface area contributed by atoms with Gasteiger partial charge in [0.15, 0.2) is 0 Å². The van der Waals surface area contributed by atoms with Crippen LogP contribution >= 0.6 is 15.9 Å². The molecule has 1 aromatic carbocycles. The number of ether oxygens (including phenoxy) is 2. The van der Waals surface area contributed by atoms with Crippen molar-refractivity contribution in [2.45, 2.75) is 39.2 Å². The van der Waals surface area contributed by atoms with E-state index in [0.717, 1.165) is 34.2 Å². The number of esters is 1. The van der Waals surface area contributed by atoms with Gasteiger partial charge in [0, 0.05) is 10.5 Å². The summed E-state index contributed by atoms with van der Waals surface area (Å²) in [5.41, 5.74) is 8.12. The second kappa shape index (κ2) is 8.27. The van der Waals surface area contributed by atoms with Crippen LogP contribution in [0.15, 0.2) is 16.6 Å². The van der Waals surface area contributed by atoms with Crippen LogP contribution in [0.4, 0.5) is 0 Å². The minimum Gasteiger partial charge on any atom is -0.492 e. The van der Waals surface area contributed by atoms with E-state index in [1.807, 2.05) is 19.1 Å². The molecule has 112 valence electrons. The predicted molar refractivity (Wildman–Crippen MR) is 83.0 cm³/mol. The molecule has 0 spiro atoms. The molecule has 0 saturated heterocycles. The number of hydrogen-bond acceptors (Lipinski definition) is 4. The molecule has 0 bridgehead atoms. The van der Waals surface area contributed by atoms with Crippen LogP contribution in [0.5, 0.6) is 5.75 Å². The first-order chi connectivity index (χ1) is 9.47. The Kier molecular flexibility index (Phi) is 7.02. The Morgan fingerprint density at radius 2 is 2.15 bits per heavy atom. The zero-order valence-corrected chi connectivity index (χ0v) is 13.8. The van der Waals surface area contributed by atoms with Crippen LogP contribution in [0, 0.1) is 6.92 Å². The summed E-state index contributed by atoms with van der Waals surface area (Å²) in [4.78, 5) is 11.1. The SMILES string of the molecule is CCC(N)Cc1cc(Br)cc(C)c1OCCC(=O)OC. The smallest absolute Gasteiger partial charge is 0.308 e. The first-order valence-corrected chi connectivity index (χ1v) is 7.51. The first-order valence-electron chi connectivity index (χ1n) is 6.72. The fourth-order valence-electron chi connectivity index (χ4n) is 1.92. The maximum Gasteiger partial charge on any atom is 0.308 e. The topological polar surface area (TPSA) is 61.5 Å². The molecule has 0 aliphatic rings. The molecule has 1 aromatic rings. The highest BCUT2D eigenvalue weighted by Crippen LogP contribution is 2.29. The van der Waals surface area contributed by atoms with Crippen molar-refractivity contribution >= 4 is 21.9 Å². The lowest BCUT2D eigenvalue weighted by Gasteiger charge is -2.17. The van der Waals surface area contributed by atoms with E-state index in [1.54, 1.807) is 0 Å². The van der Waals surface area contributed by atoms with E-state index in [2.05, 4.69) is 27.6 Å². The molecule has 4 nitrogen and oxygen atoms in total. The van der Waals surface area contributed by atoms with E-state index < -0.39 is 0 Å². The number of carbonyl (C=O) groups is 1. The van der Waals surface area contributed by atoms with Gasteiger partial charge in [-0.25, -0.2) is 0 Å². The maximum absolute atomic E-state index is 11.1. The summed E-state index contributed by atoms with van der Waals surface area (Å²) in [5.74, 6) is 0.549. The molecular weight excluding hydrogens is 322 g/mol. The third kappa shape index (κ3) is 5.13. The fraction of sp³-hybridized carbons (Fsp3) is 0.533. The molecule has 1 rings (SSSR count). The third-order valence-electron chi connectivity index (χ3n) is 3.10. The van der Waals surface area contributed by atoms with Crippen molar-refractivity contribution in [3.63, 3.8) is 0 Å². The molecule has 1 unspecified atom stereocenters. The number of aryl methyl sites for hydroxylation is 1. The normalized spacial score (nSPS) is 12.1. The van der Waals surface area contributed by atoms with Gasteiger partial charge in [-0.1, -0.05) is 22.9 Å². The molecule has 0 fully saturated rings. The molecule has 20 heavy (non-hydrogen) atoms. The van der Waals surface area contributed by atoms with Crippen LogP contribution in [0.25, 0.3) is 0 Å². The van der Waals surface area contributed by atoms with Gasteiger partial charge in [0.1, 0.15) is 5.75 Å². The maximum atomic E-state index is 11.1. The summed E-state index contributed by atoms with van der Waals surface area (Å²) in [6.45, 7) is 4.36. The summed E-state index contributed by atoms with van der Waals surface area (Å²) >= 11 is 3.49. The Labute approximate surface area is 128 Å². The minimum absolute atomic E-state index is 0.103. The van der Waals surface area contributed by atoms with Crippen molar-refractivity contribution < 1.29 is 14.3 Å². The van der Waals surface area contributed by atoms with Crippen LogP contribution in [-0.2, 0) is 16.0 Å². The molecule has 2 N–H and O–H groups in total. The molecular formula is C15H22BrNO3. The first kappa shape index (κ1) is 17.0. The van der Waals surface area contributed by atoms with Crippen molar-refractivity contribution in [1.82, 2.24) is 0 Å². The average Bonchev–Trinajstić information content (AvgIpc) is 2.41. The van der Waals surface area contributed by atoms with Gasteiger partial charge in [-0.3, -0.25) is 4.79 Å². The van der Waals surface area contributed by atoms with Crippen molar-refractivity contribution in [3.8, 4) is 5.75 Å². The largest absolute Gasteiger partial charge is 0.492 e. The van der Waals surface area contributed by atoms with Crippen LogP contribution < -0.4 is 10.5 Å². The van der Waals surface area contributed by atoms with Gasteiger partial charge in [-0.05, 0) is 43.0 Å². The lowest BCUT2D eigenvalue weighted by molar-refractivity contribution is -0.141. The summed E-state index contributed by atoms with van der Waals surface area (Å²) in [5, 5.41) is 0.